The Bertz CT molecular complexity index is 418. The standard InChI is InChI=1S/C16H25NO3/c1-5-13(2)12-20-16-7-6-15(19-4)10-14(16)11-17-8-9-18-3/h6-7,10,17H,2,5,8-9,11-12H2,1,3-4H3. The van der Waals surface area contributed by atoms with E-state index in [2.05, 4.69) is 18.8 Å². The fourth-order valence-corrected chi connectivity index (χ4v) is 1.64. The fraction of sp³-hybridized carbons (Fsp3) is 0.500. The fourth-order valence-electron chi connectivity index (χ4n) is 1.64. The van der Waals surface area contributed by atoms with Gasteiger partial charge in [-0.15, -0.1) is 0 Å². The smallest absolute Gasteiger partial charge is 0.124 e. The summed E-state index contributed by atoms with van der Waals surface area (Å²) in [7, 11) is 3.36. The maximum atomic E-state index is 5.82. The average Bonchev–Trinajstić information content (AvgIpc) is 2.49. The lowest BCUT2D eigenvalue weighted by molar-refractivity contribution is 0.199. The zero-order chi connectivity index (χ0) is 14.8. The Morgan fingerprint density at radius 2 is 2.10 bits per heavy atom. The number of ether oxygens (including phenoxy) is 3. The molecule has 0 aliphatic rings. The van der Waals surface area contributed by atoms with Gasteiger partial charge in [0.05, 0.1) is 13.7 Å². The molecule has 0 aromatic heterocycles. The van der Waals surface area contributed by atoms with Crippen LogP contribution in [0.3, 0.4) is 0 Å². The van der Waals surface area contributed by atoms with Gasteiger partial charge in [0.15, 0.2) is 0 Å². The van der Waals surface area contributed by atoms with E-state index in [1.165, 1.54) is 0 Å². The van der Waals surface area contributed by atoms with Crippen LogP contribution in [0.15, 0.2) is 30.4 Å². The van der Waals surface area contributed by atoms with E-state index in [4.69, 9.17) is 14.2 Å². The predicted molar refractivity (Wildman–Crippen MR) is 81.5 cm³/mol. The molecule has 0 saturated carbocycles. The van der Waals surface area contributed by atoms with Gasteiger partial charge in [-0.25, -0.2) is 0 Å². The van der Waals surface area contributed by atoms with E-state index >= 15 is 0 Å². The first-order valence-electron chi connectivity index (χ1n) is 6.87. The van der Waals surface area contributed by atoms with Crippen molar-refractivity contribution >= 4 is 0 Å². The summed E-state index contributed by atoms with van der Waals surface area (Å²) < 4.78 is 16.1. The van der Waals surface area contributed by atoms with Crippen LogP contribution >= 0.6 is 0 Å². The van der Waals surface area contributed by atoms with Crippen molar-refractivity contribution in [2.24, 2.45) is 0 Å². The van der Waals surface area contributed by atoms with E-state index in [0.29, 0.717) is 19.8 Å². The highest BCUT2D eigenvalue weighted by atomic mass is 16.5. The van der Waals surface area contributed by atoms with Gasteiger partial charge in [-0.05, 0) is 30.2 Å². The Morgan fingerprint density at radius 3 is 2.75 bits per heavy atom. The maximum Gasteiger partial charge on any atom is 0.124 e. The molecule has 0 saturated heterocycles. The van der Waals surface area contributed by atoms with Gasteiger partial charge in [-0.3, -0.25) is 0 Å². The Hall–Kier alpha value is -1.52. The van der Waals surface area contributed by atoms with Gasteiger partial charge in [-0.1, -0.05) is 13.5 Å². The molecule has 0 spiro atoms. The normalized spacial score (nSPS) is 10.3. The average molecular weight is 279 g/mol. The van der Waals surface area contributed by atoms with Crippen LogP contribution < -0.4 is 14.8 Å². The van der Waals surface area contributed by atoms with Crippen LogP contribution in [-0.2, 0) is 11.3 Å². The Balaban J connectivity index is 2.67. The second-order valence-corrected chi connectivity index (χ2v) is 4.54. The molecule has 0 aliphatic carbocycles. The molecule has 20 heavy (non-hydrogen) atoms. The van der Waals surface area contributed by atoms with Crippen molar-refractivity contribution in [3.8, 4) is 11.5 Å². The van der Waals surface area contributed by atoms with Crippen molar-refractivity contribution in [3.63, 3.8) is 0 Å². The molecule has 4 heteroatoms. The summed E-state index contributed by atoms with van der Waals surface area (Å²) in [5, 5.41) is 3.31. The van der Waals surface area contributed by atoms with Gasteiger partial charge in [-0.2, -0.15) is 0 Å². The zero-order valence-electron chi connectivity index (χ0n) is 12.7. The lowest BCUT2D eigenvalue weighted by Crippen LogP contribution is -2.19. The van der Waals surface area contributed by atoms with Crippen molar-refractivity contribution in [2.75, 3.05) is 34.0 Å². The highest BCUT2D eigenvalue weighted by Crippen LogP contribution is 2.24. The number of hydrogen-bond donors (Lipinski definition) is 1. The van der Waals surface area contributed by atoms with E-state index in [0.717, 1.165) is 35.6 Å². The molecule has 1 aromatic rings. The van der Waals surface area contributed by atoms with Crippen molar-refractivity contribution in [1.29, 1.82) is 0 Å². The largest absolute Gasteiger partial charge is 0.497 e. The molecule has 1 rings (SSSR count). The van der Waals surface area contributed by atoms with Gasteiger partial charge in [0, 0.05) is 25.8 Å². The highest BCUT2D eigenvalue weighted by Gasteiger charge is 2.06. The first-order valence-corrected chi connectivity index (χ1v) is 6.87. The van der Waals surface area contributed by atoms with Gasteiger partial charge in [0.2, 0.25) is 0 Å². The summed E-state index contributed by atoms with van der Waals surface area (Å²) in [5.41, 5.74) is 2.16. The van der Waals surface area contributed by atoms with Crippen LogP contribution in [0.2, 0.25) is 0 Å². The summed E-state index contributed by atoms with van der Waals surface area (Å²) in [5.74, 6) is 1.69. The van der Waals surface area contributed by atoms with Gasteiger partial charge in [0.25, 0.3) is 0 Å². The van der Waals surface area contributed by atoms with E-state index in [-0.39, 0.29) is 0 Å². The first kappa shape index (κ1) is 16.5. The third kappa shape index (κ3) is 5.63. The van der Waals surface area contributed by atoms with Crippen LogP contribution in [0.25, 0.3) is 0 Å². The number of hydrogen-bond acceptors (Lipinski definition) is 4. The van der Waals surface area contributed by atoms with Crippen molar-refractivity contribution < 1.29 is 14.2 Å². The number of rotatable bonds is 10. The lowest BCUT2D eigenvalue weighted by atomic mass is 10.2. The number of nitrogens with one attached hydrogen (secondary N) is 1. The van der Waals surface area contributed by atoms with Gasteiger partial charge < -0.3 is 19.5 Å². The Morgan fingerprint density at radius 1 is 1.30 bits per heavy atom. The molecule has 0 heterocycles. The maximum absolute atomic E-state index is 5.82. The number of benzene rings is 1. The van der Waals surface area contributed by atoms with Crippen LogP contribution in [-0.4, -0.2) is 34.0 Å². The minimum Gasteiger partial charge on any atom is -0.497 e. The summed E-state index contributed by atoms with van der Waals surface area (Å²) in [6, 6.07) is 5.83. The zero-order valence-corrected chi connectivity index (χ0v) is 12.7. The summed E-state index contributed by atoms with van der Waals surface area (Å²) in [6.45, 7) is 8.79. The van der Waals surface area contributed by atoms with E-state index in [1.54, 1.807) is 14.2 Å². The third-order valence-electron chi connectivity index (χ3n) is 3.00. The van der Waals surface area contributed by atoms with Gasteiger partial charge in [0.1, 0.15) is 18.1 Å². The minimum absolute atomic E-state index is 0.550. The second-order valence-electron chi connectivity index (χ2n) is 4.54. The molecular weight excluding hydrogens is 254 g/mol. The molecule has 112 valence electrons. The topological polar surface area (TPSA) is 39.7 Å². The van der Waals surface area contributed by atoms with Crippen molar-refractivity contribution in [1.82, 2.24) is 5.32 Å². The molecule has 0 fully saturated rings. The van der Waals surface area contributed by atoms with E-state index < -0.39 is 0 Å². The molecule has 0 aliphatic heterocycles. The van der Waals surface area contributed by atoms with Crippen LogP contribution in [0.5, 0.6) is 11.5 Å². The monoisotopic (exact) mass is 279 g/mol. The molecule has 1 N–H and O–H groups in total. The quantitative estimate of drug-likeness (QED) is 0.528. The lowest BCUT2D eigenvalue weighted by Gasteiger charge is -2.14. The summed E-state index contributed by atoms with van der Waals surface area (Å²) >= 11 is 0. The van der Waals surface area contributed by atoms with Crippen LogP contribution in [0.4, 0.5) is 0 Å². The number of methoxy groups -OCH3 is 2. The van der Waals surface area contributed by atoms with Crippen molar-refractivity contribution in [2.45, 2.75) is 19.9 Å². The van der Waals surface area contributed by atoms with Crippen LogP contribution in [0.1, 0.15) is 18.9 Å². The highest BCUT2D eigenvalue weighted by molar-refractivity contribution is 5.40. The third-order valence-corrected chi connectivity index (χ3v) is 3.00. The van der Waals surface area contributed by atoms with Crippen LogP contribution in [0, 0.1) is 0 Å². The summed E-state index contributed by atoms with van der Waals surface area (Å²) in [4.78, 5) is 0. The molecular formula is C16H25NO3. The predicted octanol–water partition coefficient (Wildman–Crippen LogP) is 2.78. The first-order chi connectivity index (χ1) is 9.71. The van der Waals surface area contributed by atoms with E-state index in [9.17, 15) is 0 Å². The molecule has 4 nitrogen and oxygen atoms in total. The van der Waals surface area contributed by atoms with E-state index in [1.807, 2.05) is 18.2 Å². The second kappa shape index (κ2) is 9.39. The molecule has 0 bridgehead atoms. The molecule has 0 atom stereocenters. The minimum atomic E-state index is 0.550. The Labute approximate surface area is 121 Å². The SMILES string of the molecule is C=C(CC)COc1ccc(OC)cc1CNCCOC. The van der Waals surface area contributed by atoms with Crippen molar-refractivity contribution in [3.05, 3.63) is 35.9 Å². The summed E-state index contributed by atoms with van der Waals surface area (Å²) in [6.07, 6.45) is 0.928. The Kier molecular flexibility index (Phi) is 7.77. The molecule has 0 radical (unpaired) electrons. The molecule has 0 amide bonds. The molecule has 1 aromatic carbocycles. The molecule has 0 unspecified atom stereocenters. The van der Waals surface area contributed by atoms with Gasteiger partial charge >= 0.3 is 0 Å².